The van der Waals surface area contributed by atoms with Crippen LogP contribution in [-0.2, 0) is 31.3 Å². The van der Waals surface area contributed by atoms with Crippen LogP contribution in [0.3, 0.4) is 0 Å². The number of allylic oxidation sites excluding steroid dienone is 2. The Morgan fingerprint density at radius 1 is 1.03 bits per heavy atom. The molecule has 1 N–H and O–H groups in total. The second-order valence-corrected chi connectivity index (χ2v) is 9.62. The molecule has 0 fully saturated rings. The molecule has 0 spiro atoms. The Bertz CT molecular complexity index is 1100. The van der Waals surface area contributed by atoms with Crippen molar-refractivity contribution in [2.24, 2.45) is 11.8 Å². The first-order chi connectivity index (χ1) is 15.6. The molecule has 0 aliphatic heterocycles. The number of aliphatic hydroxyl groups excluding tert-OH is 1. The Morgan fingerprint density at radius 3 is 2.29 bits per heavy atom. The summed E-state index contributed by atoms with van der Waals surface area (Å²) in [6.07, 6.45) is 5.41. The summed E-state index contributed by atoms with van der Waals surface area (Å²) < 4.78 is 0. The van der Waals surface area contributed by atoms with Gasteiger partial charge in [-0.15, -0.1) is 34.9 Å². The first kappa shape index (κ1) is 29.7. The van der Waals surface area contributed by atoms with Crippen LogP contribution in [0.25, 0.3) is 22.0 Å². The second-order valence-electron chi connectivity index (χ2n) is 9.62. The molecule has 0 unspecified atom stereocenters. The number of aliphatic hydroxyl groups is 1. The van der Waals surface area contributed by atoms with E-state index >= 15 is 0 Å². The van der Waals surface area contributed by atoms with Crippen molar-refractivity contribution in [3.8, 4) is 11.3 Å². The average molecular weight is 637 g/mol. The van der Waals surface area contributed by atoms with Gasteiger partial charge in [-0.2, -0.15) is 0 Å². The number of carbonyl (C=O) groups excluding carboxylic acids is 1. The Kier molecular flexibility index (Phi) is 12.4. The normalized spacial score (nSPS) is 11.3. The van der Waals surface area contributed by atoms with E-state index < -0.39 is 0 Å². The predicted octanol–water partition coefficient (Wildman–Crippen LogP) is 7.97. The van der Waals surface area contributed by atoms with Gasteiger partial charge >= 0.3 is 0 Å². The zero-order chi connectivity index (χ0) is 24.5. The zero-order valence-corrected chi connectivity index (χ0v) is 23.9. The van der Waals surface area contributed by atoms with Crippen molar-refractivity contribution < 1.29 is 30.0 Å². The SMILES string of the molecule is CC(C)CC(=O)/C=C(\O)CC(C)C.CCc1ccc2c(-c3[c-]c(C)cc(C)c3)nccc2c1.[Ir]. The minimum atomic E-state index is 0. The fraction of sp³-hybridized carbons (Fsp3) is 0.400. The summed E-state index contributed by atoms with van der Waals surface area (Å²) >= 11 is 0. The van der Waals surface area contributed by atoms with Crippen LogP contribution in [0.4, 0.5) is 0 Å². The van der Waals surface area contributed by atoms with E-state index in [1.54, 1.807) is 0 Å². The molecule has 185 valence electrons. The van der Waals surface area contributed by atoms with Gasteiger partial charge in [0.1, 0.15) is 0 Å². The minimum absolute atomic E-state index is 0. The molecule has 0 aliphatic rings. The maximum absolute atomic E-state index is 11.2. The number of carbonyl (C=O) groups is 1. The topological polar surface area (TPSA) is 50.2 Å². The first-order valence-corrected chi connectivity index (χ1v) is 11.9. The molecule has 3 nitrogen and oxygen atoms in total. The third-order valence-electron chi connectivity index (χ3n) is 5.19. The molecule has 34 heavy (non-hydrogen) atoms. The molecule has 0 saturated heterocycles. The number of rotatable bonds is 7. The summed E-state index contributed by atoms with van der Waals surface area (Å²) in [4.78, 5) is 15.8. The monoisotopic (exact) mass is 637 g/mol. The van der Waals surface area contributed by atoms with Crippen molar-refractivity contribution in [1.29, 1.82) is 0 Å². The van der Waals surface area contributed by atoms with Gasteiger partial charge in [-0.05, 0) is 46.4 Å². The number of aromatic nitrogens is 1. The predicted molar refractivity (Wildman–Crippen MR) is 139 cm³/mol. The fourth-order valence-electron chi connectivity index (χ4n) is 3.81. The van der Waals surface area contributed by atoms with Crippen LogP contribution in [0.2, 0.25) is 0 Å². The average Bonchev–Trinajstić information content (AvgIpc) is 2.71. The van der Waals surface area contributed by atoms with E-state index in [1.165, 1.54) is 28.0 Å². The maximum atomic E-state index is 11.2. The molecule has 0 aliphatic carbocycles. The van der Waals surface area contributed by atoms with E-state index in [1.807, 2.05) is 33.9 Å². The number of aryl methyl sites for hydroxylation is 3. The van der Waals surface area contributed by atoms with Gasteiger partial charge in [-0.3, -0.25) is 4.79 Å². The molecule has 0 bridgehead atoms. The molecule has 4 heteroatoms. The van der Waals surface area contributed by atoms with Gasteiger partial charge in [-0.25, -0.2) is 0 Å². The molecular formula is C30H38IrNO2-. The standard InChI is InChI=1S/C19H18N.C11H20O2.Ir/c1-4-15-5-6-18-16(12-15)7-8-20-19(18)17-10-13(2)9-14(3)11-17;1-8(2)5-10(12)7-11(13)6-9(3)4;/h5-10,12H,4H2,1-3H3;7-9,12H,5-6H2,1-4H3;/q-1;;/b;10-7-;. The van der Waals surface area contributed by atoms with Crippen molar-refractivity contribution >= 4 is 16.6 Å². The largest absolute Gasteiger partial charge is 0.512 e. The number of nitrogens with zero attached hydrogens (tertiary/aromatic N) is 1. The van der Waals surface area contributed by atoms with E-state index in [2.05, 4.69) is 68.2 Å². The van der Waals surface area contributed by atoms with E-state index in [9.17, 15) is 9.90 Å². The second kappa shape index (κ2) is 14.2. The minimum Gasteiger partial charge on any atom is -0.512 e. The molecule has 3 rings (SSSR count). The summed E-state index contributed by atoms with van der Waals surface area (Å²) in [5.74, 6) is 0.979. The quantitative estimate of drug-likeness (QED) is 0.163. The maximum Gasteiger partial charge on any atom is 0.159 e. The molecular weight excluding hydrogens is 599 g/mol. The summed E-state index contributed by atoms with van der Waals surface area (Å²) in [5, 5.41) is 11.8. The Hall–Kier alpha value is -2.29. The molecule has 1 radical (unpaired) electrons. The fourth-order valence-corrected chi connectivity index (χ4v) is 3.81. The van der Waals surface area contributed by atoms with Gasteiger partial charge in [0.05, 0.1) is 5.76 Å². The summed E-state index contributed by atoms with van der Waals surface area (Å²) in [6.45, 7) is 14.4. The van der Waals surface area contributed by atoms with Crippen LogP contribution in [0, 0.1) is 31.7 Å². The number of benzene rings is 2. The zero-order valence-electron chi connectivity index (χ0n) is 21.5. The number of hydrogen-bond donors (Lipinski definition) is 1. The summed E-state index contributed by atoms with van der Waals surface area (Å²) in [5.41, 5.74) is 5.87. The van der Waals surface area contributed by atoms with E-state index in [0.717, 1.165) is 23.2 Å². The van der Waals surface area contributed by atoms with Gasteiger partial charge in [-0.1, -0.05) is 66.7 Å². The third kappa shape index (κ3) is 9.52. The molecule has 1 aromatic heterocycles. The van der Waals surface area contributed by atoms with Crippen LogP contribution >= 0.6 is 0 Å². The van der Waals surface area contributed by atoms with Gasteiger partial charge in [0, 0.05) is 45.2 Å². The number of hydrogen-bond acceptors (Lipinski definition) is 3. The Labute approximate surface area is 219 Å². The van der Waals surface area contributed by atoms with Crippen LogP contribution in [0.15, 0.2) is 54.4 Å². The number of pyridine rings is 1. The van der Waals surface area contributed by atoms with Gasteiger partial charge < -0.3 is 10.1 Å². The molecule has 3 aromatic rings. The van der Waals surface area contributed by atoms with Gasteiger partial charge in [0.25, 0.3) is 0 Å². The Morgan fingerprint density at radius 2 is 1.71 bits per heavy atom. The van der Waals surface area contributed by atoms with Crippen molar-refractivity contribution in [1.82, 2.24) is 4.98 Å². The number of ketones is 1. The number of fused-ring (bicyclic) bond motifs is 1. The van der Waals surface area contributed by atoms with Crippen molar-refractivity contribution in [2.45, 2.75) is 67.7 Å². The first-order valence-electron chi connectivity index (χ1n) is 11.9. The molecule has 0 amide bonds. The van der Waals surface area contributed by atoms with E-state index in [0.29, 0.717) is 24.7 Å². The van der Waals surface area contributed by atoms with E-state index in [-0.39, 0.29) is 31.6 Å². The molecule has 0 saturated carbocycles. The van der Waals surface area contributed by atoms with Crippen molar-refractivity contribution in [3.05, 3.63) is 77.2 Å². The third-order valence-corrected chi connectivity index (χ3v) is 5.19. The van der Waals surface area contributed by atoms with Crippen LogP contribution in [0.5, 0.6) is 0 Å². The van der Waals surface area contributed by atoms with Crippen LogP contribution < -0.4 is 0 Å². The van der Waals surface area contributed by atoms with E-state index in [4.69, 9.17) is 0 Å². The Balaban J connectivity index is 0.000000364. The van der Waals surface area contributed by atoms with Crippen LogP contribution in [-0.4, -0.2) is 15.9 Å². The van der Waals surface area contributed by atoms with Crippen molar-refractivity contribution in [2.75, 3.05) is 0 Å². The van der Waals surface area contributed by atoms with Gasteiger partial charge in [0.2, 0.25) is 0 Å². The van der Waals surface area contributed by atoms with Gasteiger partial charge in [0.15, 0.2) is 5.78 Å². The smallest absolute Gasteiger partial charge is 0.159 e. The molecule has 1 heterocycles. The summed E-state index contributed by atoms with van der Waals surface area (Å²) in [7, 11) is 0. The molecule has 0 atom stereocenters. The summed E-state index contributed by atoms with van der Waals surface area (Å²) in [6, 6.07) is 16.4. The molecule has 2 aromatic carbocycles. The van der Waals surface area contributed by atoms with Crippen LogP contribution in [0.1, 0.15) is 64.2 Å². The van der Waals surface area contributed by atoms with Crippen molar-refractivity contribution in [3.63, 3.8) is 0 Å².